The molecule has 1 rings (SSSR count). The van der Waals surface area contributed by atoms with Crippen LogP contribution in [0.15, 0.2) is 12.7 Å². The lowest BCUT2D eigenvalue weighted by molar-refractivity contribution is -0.132. The van der Waals surface area contributed by atoms with Crippen LogP contribution in [0.1, 0.15) is 13.8 Å². The van der Waals surface area contributed by atoms with E-state index in [0.29, 0.717) is 12.0 Å². The Morgan fingerprint density at radius 1 is 1.64 bits per heavy atom. The van der Waals surface area contributed by atoms with Crippen LogP contribution in [0.3, 0.4) is 0 Å². The molecule has 14 heavy (non-hydrogen) atoms. The first-order valence-electron chi connectivity index (χ1n) is 5.16. The van der Waals surface area contributed by atoms with Gasteiger partial charge in [-0.25, -0.2) is 0 Å². The fourth-order valence-corrected chi connectivity index (χ4v) is 1.77. The molecule has 3 heteroatoms. The highest BCUT2D eigenvalue weighted by molar-refractivity contribution is 5.87. The molecule has 1 heterocycles. The van der Waals surface area contributed by atoms with Crippen molar-refractivity contribution >= 4 is 5.91 Å². The molecule has 0 radical (unpaired) electrons. The van der Waals surface area contributed by atoms with Crippen LogP contribution in [-0.4, -0.2) is 48.4 Å². The van der Waals surface area contributed by atoms with Crippen molar-refractivity contribution in [3.05, 3.63) is 12.7 Å². The van der Waals surface area contributed by atoms with Crippen LogP contribution < -0.4 is 0 Å². The van der Waals surface area contributed by atoms with E-state index in [4.69, 9.17) is 0 Å². The molecule has 0 aromatic rings. The first-order chi connectivity index (χ1) is 6.54. The Kier molecular flexibility index (Phi) is 3.69. The summed E-state index contributed by atoms with van der Waals surface area (Å²) in [5, 5.41) is 0. The Balaban J connectivity index is 2.26. The zero-order chi connectivity index (χ0) is 10.7. The van der Waals surface area contributed by atoms with Crippen molar-refractivity contribution in [2.75, 3.05) is 26.7 Å². The smallest absolute Gasteiger partial charge is 0.246 e. The van der Waals surface area contributed by atoms with Gasteiger partial charge < -0.3 is 4.90 Å². The second kappa shape index (κ2) is 4.60. The van der Waals surface area contributed by atoms with E-state index in [-0.39, 0.29) is 5.91 Å². The molecule has 1 saturated heterocycles. The molecule has 0 unspecified atom stereocenters. The Morgan fingerprint density at radius 3 is 2.64 bits per heavy atom. The van der Waals surface area contributed by atoms with Gasteiger partial charge in [0.2, 0.25) is 5.91 Å². The number of hydrogen-bond donors (Lipinski definition) is 0. The molecular weight excluding hydrogens is 176 g/mol. The maximum Gasteiger partial charge on any atom is 0.246 e. The van der Waals surface area contributed by atoms with Crippen molar-refractivity contribution in [1.82, 2.24) is 9.80 Å². The summed E-state index contributed by atoms with van der Waals surface area (Å²) in [5.41, 5.74) is 0. The summed E-state index contributed by atoms with van der Waals surface area (Å²) >= 11 is 0. The maximum absolute atomic E-state index is 11.2. The molecule has 0 bridgehead atoms. The molecule has 0 spiro atoms. The molecule has 1 aliphatic rings. The third-order valence-corrected chi connectivity index (χ3v) is 2.63. The predicted molar refractivity (Wildman–Crippen MR) is 58.0 cm³/mol. The molecule has 0 aromatic heterocycles. The van der Waals surface area contributed by atoms with Gasteiger partial charge in [0, 0.05) is 25.7 Å². The zero-order valence-corrected chi connectivity index (χ0v) is 9.36. The van der Waals surface area contributed by atoms with E-state index in [2.05, 4.69) is 32.4 Å². The second-order valence-electron chi connectivity index (χ2n) is 4.43. The van der Waals surface area contributed by atoms with Gasteiger partial charge in [-0.3, -0.25) is 9.69 Å². The van der Waals surface area contributed by atoms with E-state index in [1.807, 2.05) is 4.90 Å². The minimum Gasteiger partial charge on any atom is -0.336 e. The van der Waals surface area contributed by atoms with E-state index >= 15 is 0 Å². The van der Waals surface area contributed by atoms with Crippen molar-refractivity contribution in [2.45, 2.75) is 19.9 Å². The summed E-state index contributed by atoms with van der Waals surface area (Å²) in [6, 6.07) is 0.543. The summed E-state index contributed by atoms with van der Waals surface area (Å²) in [4.78, 5) is 15.3. The molecule has 3 nitrogen and oxygen atoms in total. The van der Waals surface area contributed by atoms with E-state index in [1.54, 1.807) is 0 Å². The lowest BCUT2D eigenvalue weighted by atomic mass is 10.1. The van der Waals surface area contributed by atoms with Gasteiger partial charge >= 0.3 is 0 Å². The normalized spacial score (nSPS) is 17.4. The van der Waals surface area contributed by atoms with Gasteiger partial charge in [-0.05, 0) is 19.0 Å². The average molecular weight is 196 g/mol. The van der Waals surface area contributed by atoms with Crippen molar-refractivity contribution in [2.24, 2.45) is 5.92 Å². The fourth-order valence-electron chi connectivity index (χ4n) is 1.77. The number of carbonyl (C=O) groups is 1. The van der Waals surface area contributed by atoms with Gasteiger partial charge in [-0.1, -0.05) is 20.4 Å². The van der Waals surface area contributed by atoms with E-state index in [1.165, 1.54) is 6.08 Å². The summed E-state index contributed by atoms with van der Waals surface area (Å²) < 4.78 is 0. The molecule has 1 fully saturated rings. The number of carbonyl (C=O) groups excluding carboxylic acids is 1. The zero-order valence-electron chi connectivity index (χ0n) is 9.36. The quantitative estimate of drug-likeness (QED) is 0.626. The largest absolute Gasteiger partial charge is 0.336 e. The van der Waals surface area contributed by atoms with Gasteiger partial charge in [0.1, 0.15) is 0 Å². The van der Waals surface area contributed by atoms with Crippen molar-refractivity contribution in [3.63, 3.8) is 0 Å². The average Bonchev–Trinajstić information content (AvgIpc) is 1.99. The lowest BCUT2D eigenvalue weighted by Crippen LogP contribution is -2.60. The van der Waals surface area contributed by atoms with Crippen molar-refractivity contribution in [1.29, 1.82) is 0 Å². The van der Waals surface area contributed by atoms with Crippen LogP contribution in [0.25, 0.3) is 0 Å². The van der Waals surface area contributed by atoms with Crippen LogP contribution in [0, 0.1) is 5.92 Å². The van der Waals surface area contributed by atoms with Crippen LogP contribution in [0.4, 0.5) is 0 Å². The first-order valence-corrected chi connectivity index (χ1v) is 5.16. The highest BCUT2D eigenvalue weighted by atomic mass is 16.2. The fraction of sp³-hybridized carbons (Fsp3) is 0.727. The Hall–Kier alpha value is -0.830. The second-order valence-corrected chi connectivity index (χ2v) is 4.43. The van der Waals surface area contributed by atoms with Crippen LogP contribution in [-0.2, 0) is 4.79 Å². The molecule has 0 aliphatic carbocycles. The third-order valence-electron chi connectivity index (χ3n) is 2.63. The van der Waals surface area contributed by atoms with Gasteiger partial charge in [-0.2, -0.15) is 0 Å². The predicted octanol–water partition coefficient (Wildman–Crippen LogP) is 0.971. The van der Waals surface area contributed by atoms with Crippen LogP contribution in [0.5, 0.6) is 0 Å². The molecule has 80 valence electrons. The molecule has 0 N–H and O–H groups in total. The summed E-state index contributed by atoms with van der Waals surface area (Å²) in [6.07, 6.45) is 1.39. The monoisotopic (exact) mass is 196 g/mol. The topological polar surface area (TPSA) is 23.6 Å². The Morgan fingerprint density at radius 2 is 2.21 bits per heavy atom. The molecule has 1 aliphatic heterocycles. The first kappa shape index (κ1) is 11.2. The van der Waals surface area contributed by atoms with Crippen LogP contribution >= 0.6 is 0 Å². The van der Waals surface area contributed by atoms with E-state index in [9.17, 15) is 4.79 Å². The van der Waals surface area contributed by atoms with E-state index in [0.717, 1.165) is 19.6 Å². The molecule has 1 amide bonds. The summed E-state index contributed by atoms with van der Waals surface area (Å²) in [6.45, 7) is 10.7. The number of likely N-dealkylation sites (tertiary alicyclic amines) is 1. The summed E-state index contributed by atoms with van der Waals surface area (Å²) in [5.74, 6) is 0.739. The summed E-state index contributed by atoms with van der Waals surface area (Å²) in [7, 11) is 2.13. The standard InChI is InChI=1S/C11H20N2O/c1-5-11(14)13-7-10(8-13)12(4)6-9(2)3/h5,9-10H,1,6-8H2,2-4H3. The lowest BCUT2D eigenvalue weighted by Gasteiger charge is -2.44. The van der Waals surface area contributed by atoms with Gasteiger partial charge in [-0.15, -0.1) is 0 Å². The number of hydrogen-bond acceptors (Lipinski definition) is 2. The molecule has 0 aromatic carbocycles. The molecular formula is C11H20N2O. The minimum absolute atomic E-state index is 0.0548. The van der Waals surface area contributed by atoms with Crippen molar-refractivity contribution < 1.29 is 4.79 Å². The SMILES string of the molecule is C=CC(=O)N1CC(N(C)CC(C)C)C1. The number of rotatable bonds is 4. The minimum atomic E-state index is 0.0548. The maximum atomic E-state index is 11.2. The number of likely N-dealkylation sites (N-methyl/N-ethyl adjacent to an activating group) is 1. The molecule has 0 saturated carbocycles. The molecule has 0 atom stereocenters. The number of nitrogens with zero attached hydrogens (tertiary/aromatic N) is 2. The third kappa shape index (κ3) is 2.58. The van der Waals surface area contributed by atoms with E-state index < -0.39 is 0 Å². The van der Waals surface area contributed by atoms with Crippen molar-refractivity contribution in [3.8, 4) is 0 Å². The van der Waals surface area contributed by atoms with Gasteiger partial charge in [0.25, 0.3) is 0 Å². The van der Waals surface area contributed by atoms with Gasteiger partial charge in [0.15, 0.2) is 0 Å². The number of amides is 1. The Bertz CT molecular complexity index is 219. The van der Waals surface area contributed by atoms with Gasteiger partial charge in [0.05, 0.1) is 0 Å². The highest BCUT2D eigenvalue weighted by Gasteiger charge is 2.31. The highest BCUT2D eigenvalue weighted by Crippen LogP contribution is 2.14. The van der Waals surface area contributed by atoms with Crippen LogP contribution in [0.2, 0.25) is 0 Å². The Labute approximate surface area is 86.4 Å².